The Labute approximate surface area is 139 Å². The van der Waals surface area contributed by atoms with Crippen LogP contribution in [0.15, 0.2) is 30.3 Å². The summed E-state index contributed by atoms with van der Waals surface area (Å²) in [6, 6.07) is 8.77. The molecule has 124 valence electrons. The van der Waals surface area contributed by atoms with Gasteiger partial charge in [-0.05, 0) is 13.8 Å². The van der Waals surface area contributed by atoms with Crippen LogP contribution in [0.2, 0.25) is 0 Å². The van der Waals surface area contributed by atoms with Crippen LogP contribution in [-0.4, -0.2) is 50.7 Å². The Balaban J connectivity index is 1.92. The maximum absolute atomic E-state index is 12.5. The first-order valence-corrected chi connectivity index (χ1v) is 7.87. The first-order chi connectivity index (χ1) is 11.5. The van der Waals surface area contributed by atoms with Crippen LogP contribution >= 0.6 is 0 Å². The number of benzene rings is 1. The number of aromatic nitrogens is 3. The van der Waals surface area contributed by atoms with E-state index >= 15 is 0 Å². The smallest absolute Gasteiger partial charge is 0.322 e. The Morgan fingerprint density at radius 3 is 2.50 bits per heavy atom. The van der Waals surface area contributed by atoms with Crippen molar-refractivity contribution in [3.63, 3.8) is 0 Å². The zero-order valence-electron chi connectivity index (χ0n) is 13.7. The second kappa shape index (κ2) is 5.05. The quantitative estimate of drug-likeness (QED) is 0.897. The minimum absolute atomic E-state index is 0.0407. The molecule has 1 aromatic carbocycles. The molecule has 2 atom stereocenters. The summed E-state index contributed by atoms with van der Waals surface area (Å²) in [5.74, 6) is 0.954. The third-order valence-corrected chi connectivity index (χ3v) is 4.56. The lowest BCUT2D eigenvalue weighted by molar-refractivity contribution is -0.125. The van der Waals surface area contributed by atoms with Gasteiger partial charge in [0.1, 0.15) is 6.17 Å². The van der Waals surface area contributed by atoms with Gasteiger partial charge in [-0.15, -0.1) is 10.2 Å². The van der Waals surface area contributed by atoms with Crippen LogP contribution in [0.5, 0.6) is 0 Å². The van der Waals surface area contributed by atoms with Crippen molar-refractivity contribution in [3.05, 3.63) is 30.3 Å². The van der Waals surface area contributed by atoms with Gasteiger partial charge in [0.05, 0.1) is 0 Å². The van der Waals surface area contributed by atoms with Crippen molar-refractivity contribution in [1.29, 1.82) is 0 Å². The number of imide groups is 1. The second-order valence-electron chi connectivity index (χ2n) is 6.32. The maximum atomic E-state index is 12.5. The van der Waals surface area contributed by atoms with Crippen molar-refractivity contribution in [2.45, 2.75) is 32.1 Å². The van der Waals surface area contributed by atoms with E-state index in [2.05, 4.69) is 15.5 Å². The molecule has 8 heteroatoms. The van der Waals surface area contributed by atoms with E-state index in [-0.39, 0.29) is 11.9 Å². The Kier molecular flexibility index (Phi) is 3.09. The molecule has 24 heavy (non-hydrogen) atoms. The first kappa shape index (κ1) is 14.7. The fourth-order valence-corrected chi connectivity index (χ4v) is 3.48. The molecule has 3 heterocycles. The van der Waals surface area contributed by atoms with E-state index < -0.39 is 18.2 Å². The Bertz CT molecular complexity index is 815. The largest absolute Gasteiger partial charge is 0.325 e. The average Bonchev–Trinajstić information content (AvgIpc) is 3.11. The summed E-state index contributed by atoms with van der Waals surface area (Å²) in [5, 5.41) is 11.0. The van der Waals surface area contributed by atoms with Crippen LogP contribution in [0.4, 0.5) is 10.7 Å². The van der Waals surface area contributed by atoms with Gasteiger partial charge in [-0.25, -0.2) is 4.79 Å². The molecular weight excluding hydrogens is 308 g/mol. The molecular formula is C16H18N6O2. The maximum Gasteiger partial charge on any atom is 0.325 e. The highest BCUT2D eigenvalue weighted by Crippen LogP contribution is 2.41. The number of carbonyl (C=O) groups excluding carboxylic acids is 2. The van der Waals surface area contributed by atoms with E-state index in [1.54, 1.807) is 7.05 Å². The lowest BCUT2D eigenvalue weighted by Crippen LogP contribution is -2.62. The normalized spacial score (nSPS) is 22.7. The van der Waals surface area contributed by atoms with Gasteiger partial charge < -0.3 is 9.80 Å². The Hall–Kier alpha value is -2.90. The standard InChI is InChI=1S/C16H18N6O2/c1-9(2)21-11-13(23)17-16(24)20(3)14(11)22-12(18-19-15(21)22)10-7-5-4-6-8-10/h4-9,11,14H,1-3H3,(H,17,23,24). The predicted molar refractivity (Wildman–Crippen MR) is 87.2 cm³/mol. The summed E-state index contributed by atoms with van der Waals surface area (Å²) < 4.78 is 1.89. The lowest BCUT2D eigenvalue weighted by atomic mass is 10.1. The van der Waals surface area contributed by atoms with Gasteiger partial charge in [-0.3, -0.25) is 14.7 Å². The molecule has 1 N–H and O–H groups in total. The highest BCUT2D eigenvalue weighted by molar-refractivity contribution is 6.02. The summed E-state index contributed by atoms with van der Waals surface area (Å²) >= 11 is 0. The van der Waals surface area contributed by atoms with Crippen molar-refractivity contribution >= 4 is 17.9 Å². The molecule has 1 aromatic heterocycles. The number of carbonyl (C=O) groups is 2. The fourth-order valence-electron chi connectivity index (χ4n) is 3.48. The minimum Gasteiger partial charge on any atom is -0.322 e. The molecule has 2 aromatic rings. The molecule has 0 radical (unpaired) electrons. The summed E-state index contributed by atoms with van der Waals surface area (Å²) in [4.78, 5) is 28.1. The summed E-state index contributed by atoms with van der Waals surface area (Å²) in [6.07, 6.45) is -0.464. The minimum atomic E-state index is -0.513. The summed E-state index contributed by atoms with van der Waals surface area (Å²) in [5.41, 5.74) is 0.896. The molecule has 8 nitrogen and oxygen atoms in total. The molecule has 0 aliphatic carbocycles. The van der Waals surface area contributed by atoms with E-state index in [0.29, 0.717) is 11.8 Å². The van der Waals surface area contributed by atoms with Crippen LogP contribution in [-0.2, 0) is 4.79 Å². The van der Waals surface area contributed by atoms with Crippen LogP contribution in [0, 0.1) is 0 Å². The van der Waals surface area contributed by atoms with Gasteiger partial charge in [0.2, 0.25) is 5.95 Å². The molecule has 2 aliphatic rings. The number of likely N-dealkylation sites (N-methyl/N-ethyl adjacent to an activating group) is 1. The third kappa shape index (κ3) is 1.85. The van der Waals surface area contributed by atoms with Gasteiger partial charge >= 0.3 is 6.03 Å². The van der Waals surface area contributed by atoms with Crippen LogP contribution in [0.3, 0.4) is 0 Å². The third-order valence-electron chi connectivity index (χ3n) is 4.56. The molecule has 3 amide bonds. The van der Waals surface area contributed by atoms with Crippen molar-refractivity contribution < 1.29 is 9.59 Å². The SMILES string of the molecule is CC(C)N1c2nnc(-c3ccccc3)n2C2C1C(=O)NC(=O)N2C. The molecule has 0 saturated carbocycles. The van der Waals surface area contributed by atoms with Crippen molar-refractivity contribution in [2.75, 3.05) is 11.9 Å². The second-order valence-corrected chi connectivity index (χ2v) is 6.32. The molecule has 0 spiro atoms. The molecule has 2 aliphatic heterocycles. The van der Waals surface area contributed by atoms with Crippen LogP contribution in [0.25, 0.3) is 11.4 Å². The van der Waals surface area contributed by atoms with Gasteiger partial charge in [0.15, 0.2) is 11.9 Å². The average molecular weight is 326 g/mol. The molecule has 1 fully saturated rings. The predicted octanol–water partition coefficient (Wildman–Crippen LogP) is 1.22. The van der Waals surface area contributed by atoms with Gasteiger partial charge in [0, 0.05) is 18.7 Å². The van der Waals surface area contributed by atoms with Gasteiger partial charge in [-0.1, -0.05) is 30.3 Å². The highest BCUT2D eigenvalue weighted by atomic mass is 16.2. The summed E-state index contributed by atoms with van der Waals surface area (Å²) in [7, 11) is 1.68. The molecule has 2 unspecified atom stereocenters. The zero-order valence-corrected chi connectivity index (χ0v) is 13.7. The van der Waals surface area contributed by atoms with E-state index in [0.717, 1.165) is 5.56 Å². The van der Waals surface area contributed by atoms with E-state index in [9.17, 15) is 9.59 Å². The van der Waals surface area contributed by atoms with Crippen molar-refractivity contribution in [2.24, 2.45) is 0 Å². The van der Waals surface area contributed by atoms with Crippen LogP contribution in [0.1, 0.15) is 20.0 Å². The van der Waals surface area contributed by atoms with E-state index in [1.807, 2.05) is 53.6 Å². The number of amides is 3. The number of urea groups is 1. The Morgan fingerprint density at radius 2 is 1.83 bits per heavy atom. The van der Waals surface area contributed by atoms with Gasteiger partial charge in [-0.2, -0.15) is 0 Å². The van der Waals surface area contributed by atoms with Crippen molar-refractivity contribution in [3.8, 4) is 11.4 Å². The number of nitrogens with zero attached hydrogens (tertiary/aromatic N) is 5. The molecule has 4 rings (SSSR count). The Morgan fingerprint density at radius 1 is 1.12 bits per heavy atom. The topological polar surface area (TPSA) is 83.4 Å². The number of hydrogen-bond acceptors (Lipinski definition) is 5. The lowest BCUT2D eigenvalue weighted by Gasteiger charge is -2.38. The van der Waals surface area contributed by atoms with E-state index in [4.69, 9.17) is 0 Å². The van der Waals surface area contributed by atoms with Crippen LogP contribution < -0.4 is 10.2 Å². The first-order valence-electron chi connectivity index (χ1n) is 7.87. The number of rotatable bonds is 2. The number of fused-ring (bicyclic) bond motifs is 3. The van der Waals surface area contributed by atoms with E-state index in [1.165, 1.54) is 4.90 Å². The number of anilines is 1. The molecule has 0 bridgehead atoms. The van der Waals surface area contributed by atoms with Crippen molar-refractivity contribution in [1.82, 2.24) is 25.0 Å². The highest BCUT2D eigenvalue weighted by Gasteiger charge is 2.53. The number of hydrogen-bond donors (Lipinski definition) is 1. The summed E-state index contributed by atoms with van der Waals surface area (Å²) in [6.45, 7) is 3.99. The van der Waals surface area contributed by atoms with Gasteiger partial charge in [0.25, 0.3) is 5.91 Å². The zero-order chi connectivity index (χ0) is 17.0. The fraction of sp³-hybridized carbons (Fsp3) is 0.375. The monoisotopic (exact) mass is 326 g/mol. The number of nitrogens with one attached hydrogen (secondary N) is 1. The molecule has 1 saturated heterocycles.